The van der Waals surface area contributed by atoms with E-state index in [1.54, 1.807) is 14.2 Å². The van der Waals surface area contributed by atoms with Gasteiger partial charge in [0.05, 0.1) is 45.6 Å². The first-order chi connectivity index (χ1) is 12.7. The minimum absolute atomic E-state index is 0.115. The Morgan fingerprint density at radius 1 is 1.35 bits per heavy atom. The van der Waals surface area contributed by atoms with Crippen molar-refractivity contribution in [3.63, 3.8) is 0 Å². The average molecular weight is 376 g/mol. The zero-order valence-electron chi connectivity index (χ0n) is 15.4. The number of aromatic nitrogens is 1. The zero-order valence-corrected chi connectivity index (χ0v) is 16.2. The zero-order chi connectivity index (χ0) is 18.5. The SMILES string of the molecule is CC[C@H]1COCCN1C(=O)Cc1csc(-c2ccc(OC)c(OC)c2)n1. The molecule has 0 N–H and O–H groups in total. The summed E-state index contributed by atoms with van der Waals surface area (Å²) in [5.74, 6) is 1.46. The lowest BCUT2D eigenvalue weighted by Crippen LogP contribution is -2.48. The maximum absolute atomic E-state index is 12.7. The van der Waals surface area contributed by atoms with Gasteiger partial charge in [0.15, 0.2) is 11.5 Å². The summed E-state index contributed by atoms with van der Waals surface area (Å²) >= 11 is 1.53. The van der Waals surface area contributed by atoms with Crippen molar-refractivity contribution < 1.29 is 19.0 Å². The molecule has 1 fully saturated rings. The first kappa shape index (κ1) is 18.7. The van der Waals surface area contributed by atoms with Crippen LogP contribution in [0.15, 0.2) is 23.6 Å². The predicted octanol–water partition coefficient (Wildman–Crippen LogP) is 3.01. The highest BCUT2D eigenvalue weighted by molar-refractivity contribution is 7.13. The Labute approximate surface area is 157 Å². The molecule has 0 radical (unpaired) electrons. The first-order valence-corrected chi connectivity index (χ1v) is 9.58. The van der Waals surface area contributed by atoms with Crippen LogP contribution in [0.4, 0.5) is 0 Å². The van der Waals surface area contributed by atoms with Crippen molar-refractivity contribution in [3.8, 4) is 22.1 Å². The third-order valence-electron chi connectivity index (χ3n) is 4.53. The van der Waals surface area contributed by atoms with E-state index in [2.05, 4.69) is 11.9 Å². The van der Waals surface area contributed by atoms with E-state index in [4.69, 9.17) is 14.2 Å². The quantitative estimate of drug-likeness (QED) is 0.776. The third kappa shape index (κ3) is 3.99. The van der Waals surface area contributed by atoms with E-state index in [1.807, 2.05) is 28.5 Å². The largest absolute Gasteiger partial charge is 0.493 e. The molecule has 2 aromatic rings. The number of hydrogen-bond donors (Lipinski definition) is 0. The molecule has 3 rings (SSSR count). The predicted molar refractivity (Wildman–Crippen MR) is 101 cm³/mol. The van der Waals surface area contributed by atoms with Gasteiger partial charge in [-0.1, -0.05) is 6.92 Å². The smallest absolute Gasteiger partial charge is 0.229 e. The van der Waals surface area contributed by atoms with Gasteiger partial charge in [-0.15, -0.1) is 11.3 Å². The molecule has 0 saturated carbocycles. The Hall–Kier alpha value is -2.12. The van der Waals surface area contributed by atoms with E-state index in [-0.39, 0.29) is 11.9 Å². The molecule has 0 aliphatic carbocycles. The van der Waals surface area contributed by atoms with Crippen LogP contribution in [0.1, 0.15) is 19.0 Å². The molecule has 1 aliphatic heterocycles. The minimum atomic E-state index is 0.115. The summed E-state index contributed by atoms with van der Waals surface area (Å²) in [5, 5.41) is 2.81. The van der Waals surface area contributed by atoms with Crippen molar-refractivity contribution in [2.45, 2.75) is 25.8 Å². The van der Waals surface area contributed by atoms with Crippen LogP contribution in [0.3, 0.4) is 0 Å². The number of carbonyl (C=O) groups is 1. The van der Waals surface area contributed by atoms with Crippen LogP contribution in [0.2, 0.25) is 0 Å². The van der Waals surface area contributed by atoms with E-state index in [0.717, 1.165) is 22.7 Å². The van der Waals surface area contributed by atoms with E-state index in [0.29, 0.717) is 37.7 Å². The van der Waals surface area contributed by atoms with Crippen molar-refractivity contribution in [3.05, 3.63) is 29.3 Å². The van der Waals surface area contributed by atoms with Gasteiger partial charge in [-0.2, -0.15) is 0 Å². The van der Waals surface area contributed by atoms with Gasteiger partial charge in [0.2, 0.25) is 5.91 Å². The van der Waals surface area contributed by atoms with Gasteiger partial charge < -0.3 is 19.1 Å². The fraction of sp³-hybridized carbons (Fsp3) is 0.474. The molecule has 0 unspecified atom stereocenters. The molecule has 6 nitrogen and oxygen atoms in total. The molecule has 26 heavy (non-hydrogen) atoms. The van der Waals surface area contributed by atoms with Crippen LogP contribution in [0.25, 0.3) is 10.6 Å². The third-order valence-corrected chi connectivity index (χ3v) is 5.47. The lowest BCUT2D eigenvalue weighted by molar-refractivity contribution is -0.139. The normalized spacial score (nSPS) is 17.2. The van der Waals surface area contributed by atoms with Gasteiger partial charge in [0.25, 0.3) is 0 Å². The summed E-state index contributed by atoms with van der Waals surface area (Å²) in [6, 6.07) is 5.87. The van der Waals surface area contributed by atoms with Crippen LogP contribution < -0.4 is 9.47 Å². The fourth-order valence-electron chi connectivity index (χ4n) is 3.07. The second kappa shape index (κ2) is 8.51. The molecule has 1 amide bonds. The molecule has 7 heteroatoms. The van der Waals surface area contributed by atoms with Crippen LogP contribution in [-0.4, -0.2) is 55.8 Å². The van der Waals surface area contributed by atoms with Crippen molar-refractivity contribution >= 4 is 17.2 Å². The molecule has 1 aromatic carbocycles. The summed E-state index contributed by atoms with van der Waals surface area (Å²) in [6.45, 7) is 3.97. The number of ether oxygens (including phenoxy) is 3. The highest BCUT2D eigenvalue weighted by atomic mass is 32.1. The molecular weight excluding hydrogens is 352 g/mol. The molecule has 2 heterocycles. The van der Waals surface area contributed by atoms with Crippen LogP contribution in [-0.2, 0) is 16.0 Å². The molecule has 1 aromatic heterocycles. The molecule has 0 bridgehead atoms. The van der Waals surface area contributed by atoms with Crippen molar-refractivity contribution in [2.75, 3.05) is 34.0 Å². The molecule has 1 atom stereocenters. The highest BCUT2D eigenvalue weighted by Crippen LogP contribution is 2.33. The number of amides is 1. The number of benzene rings is 1. The average Bonchev–Trinajstić information content (AvgIpc) is 3.15. The second-order valence-electron chi connectivity index (χ2n) is 6.11. The minimum Gasteiger partial charge on any atom is -0.493 e. The molecule has 1 saturated heterocycles. The van der Waals surface area contributed by atoms with Crippen molar-refractivity contribution in [2.24, 2.45) is 0 Å². The highest BCUT2D eigenvalue weighted by Gasteiger charge is 2.26. The van der Waals surface area contributed by atoms with Crippen molar-refractivity contribution in [1.82, 2.24) is 9.88 Å². The number of hydrogen-bond acceptors (Lipinski definition) is 6. The Morgan fingerprint density at radius 2 is 2.15 bits per heavy atom. The number of thiazole rings is 1. The summed E-state index contributed by atoms with van der Waals surface area (Å²) < 4.78 is 16.1. The Morgan fingerprint density at radius 3 is 2.88 bits per heavy atom. The van der Waals surface area contributed by atoms with Gasteiger partial charge in [0.1, 0.15) is 5.01 Å². The maximum atomic E-state index is 12.7. The standard InChI is InChI=1S/C19H24N2O4S/c1-4-15-11-25-8-7-21(15)18(22)10-14-12-26-19(20-14)13-5-6-16(23-2)17(9-13)24-3/h5-6,9,12,15H,4,7-8,10-11H2,1-3H3/t15-/m0/s1. The summed E-state index contributed by atoms with van der Waals surface area (Å²) in [6.07, 6.45) is 1.22. The van der Waals surface area contributed by atoms with Gasteiger partial charge in [0, 0.05) is 17.5 Å². The lowest BCUT2D eigenvalue weighted by atomic mass is 10.1. The lowest BCUT2D eigenvalue weighted by Gasteiger charge is -2.35. The molecule has 140 valence electrons. The van der Waals surface area contributed by atoms with E-state index >= 15 is 0 Å². The topological polar surface area (TPSA) is 60.9 Å². The maximum Gasteiger partial charge on any atom is 0.229 e. The van der Waals surface area contributed by atoms with E-state index in [9.17, 15) is 4.79 Å². The van der Waals surface area contributed by atoms with Gasteiger partial charge in [-0.3, -0.25) is 4.79 Å². The van der Waals surface area contributed by atoms with E-state index in [1.165, 1.54) is 11.3 Å². The second-order valence-corrected chi connectivity index (χ2v) is 6.97. The van der Waals surface area contributed by atoms with Crippen molar-refractivity contribution in [1.29, 1.82) is 0 Å². The van der Waals surface area contributed by atoms with Gasteiger partial charge >= 0.3 is 0 Å². The molecule has 0 spiro atoms. The molecular formula is C19H24N2O4S. The summed E-state index contributed by atoms with van der Waals surface area (Å²) in [5.41, 5.74) is 1.75. The Kier molecular flexibility index (Phi) is 6.11. The monoisotopic (exact) mass is 376 g/mol. The summed E-state index contributed by atoms with van der Waals surface area (Å²) in [4.78, 5) is 19.2. The molecule has 1 aliphatic rings. The summed E-state index contributed by atoms with van der Waals surface area (Å²) in [7, 11) is 3.22. The van der Waals surface area contributed by atoms with E-state index < -0.39 is 0 Å². The number of nitrogens with zero attached hydrogens (tertiary/aromatic N) is 2. The number of morpholine rings is 1. The number of carbonyl (C=O) groups excluding carboxylic acids is 1. The Balaban J connectivity index is 1.72. The van der Waals surface area contributed by atoms with Crippen LogP contribution >= 0.6 is 11.3 Å². The van der Waals surface area contributed by atoms with Gasteiger partial charge in [-0.05, 0) is 24.6 Å². The first-order valence-electron chi connectivity index (χ1n) is 8.70. The van der Waals surface area contributed by atoms with Crippen LogP contribution in [0, 0.1) is 0 Å². The fourth-order valence-corrected chi connectivity index (χ4v) is 3.88. The number of rotatable bonds is 6. The Bertz CT molecular complexity index is 762. The number of methoxy groups -OCH3 is 2. The van der Waals surface area contributed by atoms with Gasteiger partial charge in [-0.25, -0.2) is 4.98 Å². The van der Waals surface area contributed by atoms with Crippen LogP contribution in [0.5, 0.6) is 11.5 Å².